The summed E-state index contributed by atoms with van der Waals surface area (Å²) in [6, 6.07) is 0. The maximum absolute atomic E-state index is 3.93. The predicted octanol–water partition coefficient (Wildman–Crippen LogP) is 3.94. The first-order valence-electron chi connectivity index (χ1n) is 6.26. The molecule has 1 spiro atoms. The summed E-state index contributed by atoms with van der Waals surface area (Å²) in [5.74, 6) is 0. The van der Waals surface area contributed by atoms with Gasteiger partial charge in [-0.05, 0) is 44.2 Å². The Morgan fingerprint density at radius 3 is 2.20 bits per heavy atom. The highest BCUT2D eigenvalue weighted by molar-refractivity contribution is 9.11. The average molecular weight is 272 g/mol. The molecule has 2 heteroatoms. The van der Waals surface area contributed by atoms with Crippen molar-refractivity contribution in [3.8, 4) is 0 Å². The van der Waals surface area contributed by atoms with E-state index in [1.165, 1.54) is 58.0 Å². The summed E-state index contributed by atoms with van der Waals surface area (Å²) in [6.45, 7) is 7.53. The summed E-state index contributed by atoms with van der Waals surface area (Å²) in [5, 5.41) is 0. The van der Waals surface area contributed by atoms with Crippen LogP contribution in [0.25, 0.3) is 0 Å². The standard InChI is InChI=1S/C13H22BrN/c1-12(14)11-15-9-7-13(8-10-15)5-3-2-4-6-13/h1-11H2. The molecule has 1 aliphatic heterocycles. The van der Waals surface area contributed by atoms with E-state index in [2.05, 4.69) is 27.4 Å². The van der Waals surface area contributed by atoms with E-state index in [-0.39, 0.29) is 0 Å². The Kier molecular flexibility index (Phi) is 3.89. The Bertz CT molecular complexity index is 221. The number of likely N-dealkylation sites (tertiary alicyclic amines) is 1. The van der Waals surface area contributed by atoms with Crippen molar-refractivity contribution in [1.29, 1.82) is 0 Å². The summed E-state index contributed by atoms with van der Waals surface area (Å²) in [7, 11) is 0. The van der Waals surface area contributed by atoms with Crippen LogP contribution in [0.2, 0.25) is 0 Å². The highest BCUT2D eigenvalue weighted by Crippen LogP contribution is 2.44. The highest BCUT2D eigenvalue weighted by atomic mass is 79.9. The fourth-order valence-corrected chi connectivity index (χ4v) is 3.58. The van der Waals surface area contributed by atoms with E-state index < -0.39 is 0 Å². The molecule has 0 bridgehead atoms. The van der Waals surface area contributed by atoms with Crippen molar-refractivity contribution in [3.05, 3.63) is 11.1 Å². The molecule has 0 radical (unpaired) electrons. The molecular formula is C13H22BrN. The number of hydrogen-bond donors (Lipinski definition) is 0. The second-order valence-corrected chi connectivity index (χ2v) is 6.48. The van der Waals surface area contributed by atoms with Crippen LogP contribution in [0.5, 0.6) is 0 Å². The Morgan fingerprint density at radius 1 is 1.07 bits per heavy atom. The quantitative estimate of drug-likeness (QED) is 0.736. The number of hydrogen-bond acceptors (Lipinski definition) is 1. The average Bonchev–Trinajstić information content (AvgIpc) is 2.23. The minimum absolute atomic E-state index is 0.738. The monoisotopic (exact) mass is 271 g/mol. The van der Waals surface area contributed by atoms with Gasteiger partial charge in [0.2, 0.25) is 0 Å². The molecule has 0 aromatic heterocycles. The zero-order valence-corrected chi connectivity index (χ0v) is 11.2. The zero-order valence-electron chi connectivity index (χ0n) is 9.60. The summed E-state index contributed by atoms with van der Waals surface area (Å²) in [5.41, 5.74) is 0.738. The Labute approximate surface area is 102 Å². The zero-order chi connectivity index (χ0) is 10.7. The molecule has 1 heterocycles. The van der Waals surface area contributed by atoms with Crippen molar-refractivity contribution in [2.24, 2.45) is 5.41 Å². The first-order valence-corrected chi connectivity index (χ1v) is 7.05. The molecule has 15 heavy (non-hydrogen) atoms. The minimum Gasteiger partial charge on any atom is -0.299 e. The molecule has 0 aromatic carbocycles. The second-order valence-electron chi connectivity index (χ2n) is 5.35. The van der Waals surface area contributed by atoms with E-state index in [4.69, 9.17) is 0 Å². The van der Waals surface area contributed by atoms with Gasteiger partial charge in [-0.1, -0.05) is 41.8 Å². The van der Waals surface area contributed by atoms with Gasteiger partial charge >= 0.3 is 0 Å². The van der Waals surface area contributed by atoms with Gasteiger partial charge in [-0.2, -0.15) is 0 Å². The second kappa shape index (κ2) is 5.01. The first-order chi connectivity index (χ1) is 7.20. The molecule has 0 unspecified atom stereocenters. The van der Waals surface area contributed by atoms with Crippen LogP contribution in [-0.2, 0) is 0 Å². The van der Waals surface area contributed by atoms with Crippen molar-refractivity contribution < 1.29 is 0 Å². The van der Waals surface area contributed by atoms with Crippen molar-refractivity contribution in [2.75, 3.05) is 19.6 Å². The Balaban J connectivity index is 1.82. The molecule has 0 N–H and O–H groups in total. The topological polar surface area (TPSA) is 3.24 Å². The molecule has 1 saturated carbocycles. The third-order valence-electron chi connectivity index (χ3n) is 4.23. The lowest BCUT2D eigenvalue weighted by Crippen LogP contribution is -2.41. The first kappa shape index (κ1) is 11.7. The summed E-state index contributed by atoms with van der Waals surface area (Å²) in [6.07, 6.45) is 10.3. The van der Waals surface area contributed by atoms with Crippen LogP contribution in [0.1, 0.15) is 44.9 Å². The SMILES string of the molecule is C=C(Br)CN1CCC2(CCCCC2)CC1. The van der Waals surface area contributed by atoms with Crippen LogP contribution < -0.4 is 0 Å². The minimum atomic E-state index is 0.738. The van der Waals surface area contributed by atoms with Gasteiger partial charge in [0, 0.05) is 11.0 Å². The van der Waals surface area contributed by atoms with Crippen LogP contribution in [0.15, 0.2) is 11.1 Å². The van der Waals surface area contributed by atoms with Crippen molar-refractivity contribution in [1.82, 2.24) is 4.90 Å². The van der Waals surface area contributed by atoms with Crippen LogP contribution >= 0.6 is 15.9 Å². The molecular weight excluding hydrogens is 250 g/mol. The fraction of sp³-hybridized carbons (Fsp3) is 0.846. The predicted molar refractivity (Wildman–Crippen MR) is 69.3 cm³/mol. The van der Waals surface area contributed by atoms with Crippen LogP contribution in [-0.4, -0.2) is 24.5 Å². The number of halogens is 1. The van der Waals surface area contributed by atoms with Gasteiger partial charge in [-0.3, -0.25) is 4.90 Å². The fourth-order valence-electron chi connectivity index (χ4n) is 3.23. The molecule has 2 aliphatic rings. The lowest BCUT2D eigenvalue weighted by atomic mass is 9.68. The summed E-state index contributed by atoms with van der Waals surface area (Å²) >= 11 is 3.46. The number of piperidine rings is 1. The third-order valence-corrected chi connectivity index (χ3v) is 4.48. The maximum Gasteiger partial charge on any atom is 0.0293 e. The molecule has 1 nitrogen and oxygen atoms in total. The van der Waals surface area contributed by atoms with Gasteiger partial charge in [0.15, 0.2) is 0 Å². The Morgan fingerprint density at radius 2 is 1.67 bits per heavy atom. The summed E-state index contributed by atoms with van der Waals surface area (Å²) in [4.78, 5) is 2.54. The van der Waals surface area contributed by atoms with Crippen LogP contribution in [0, 0.1) is 5.41 Å². The van der Waals surface area contributed by atoms with Crippen molar-refractivity contribution in [2.45, 2.75) is 44.9 Å². The van der Waals surface area contributed by atoms with E-state index in [1.54, 1.807) is 0 Å². The molecule has 1 aliphatic carbocycles. The normalized spacial score (nSPS) is 26.7. The van der Waals surface area contributed by atoms with Gasteiger partial charge < -0.3 is 0 Å². The molecule has 0 aromatic rings. The van der Waals surface area contributed by atoms with E-state index in [0.29, 0.717) is 0 Å². The molecule has 0 atom stereocenters. The van der Waals surface area contributed by atoms with E-state index in [1.807, 2.05) is 0 Å². The van der Waals surface area contributed by atoms with E-state index >= 15 is 0 Å². The van der Waals surface area contributed by atoms with Gasteiger partial charge in [-0.25, -0.2) is 0 Å². The third kappa shape index (κ3) is 3.07. The molecule has 86 valence electrons. The lowest BCUT2D eigenvalue weighted by molar-refractivity contribution is 0.0734. The van der Waals surface area contributed by atoms with Crippen molar-refractivity contribution >= 4 is 15.9 Å². The van der Waals surface area contributed by atoms with Crippen LogP contribution in [0.3, 0.4) is 0 Å². The Hall–Kier alpha value is 0.180. The van der Waals surface area contributed by atoms with Gasteiger partial charge in [0.05, 0.1) is 0 Å². The molecule has 2 rings (SSSR count). The smallest absolute Gasteiger partial charge is 0.0293 e. The van der Waals surface area contributed by atoms with Gasteiger partial charge in [0.1, 0.15) is 0 Å². The van der Waals surface area contributed by atoms with Crippen molar-refractivity contribution in [3.63, 3.8) is 0 Å². The molecule has 1 saturated heterocycles. The van der Waals surface area contributed by atoms with Crippen LogP contribution in [0.4, 0.5) is 0 Å². The largest absolute Gasteiger partial charge is 0.299 e. The maximum atomic E-state index is 3.93. The van der Waals surface area contributed by atoms with E-state index in [0.717, 1.165) is 16.4 Å². The number of nitrogens with zero attached hydrogens (tertiary/aromatic N) is 1. The number of rotatable bonds is 2. The van der Waals surface area contributed by atoms with E-state index in [9.17, 15) is 0 Å². The van der Waals surface area contributed by atoms with Gasteiger partial charge in [0.25, 0.3) is 0 Å². The summed E-state index contributed by atoms with van der Waals surface area (Å²) < 4.78 is 1.13. The molecule has 0 amide bonds. The lowest BCUT2D eigenvalue weighted by Gasteiger charge is -2.44. The van der Waals surface area contributed by atoms with Gasteiger partial charge in [-0.15, -0.1) is 0 Å². The highest BCUT2D eigenvalue weighted by Gasteiger charge is 2.35. The molecule has 2 fully saturated rings.